The number of nitrogens with zero attached hydrogens (tertiary/aromatic N) is 2. The van der Waals surface area contributed by atoms with E-state index in [4.69, 9.17) is 16.9 Å². The lowest BCUT2D eigenvalue weighted by Crippen LogP contribution is -2.07. The van der Waals surface area contributed by atoms with Gasteiger partial charge in [0.15, 0.2) is 0 Å². The van der Waals surface area contributed by atoms with Crippen molar-refractivity contribution in [2.24, 2.45) is 5.92 Å². The third-order valence-electron chi connectivity index (χ3n) is 5.35. The van der Waals surface area contributed by atoms with E-state index in [1.54, 1.807) is 0 Å². The molecule has 2 aromatic heterocycles. The number of nitriles is 1. The molecule has 0 bridgehead atoms. The van der Waals surface area contributed by atoms with Gasteiger partial charge in [-0.3, -0.25) is 0 Å². The molecule has 1 fully saturated rings. The Morgan fingerprint density at radius 2 is 2.08 bits per heavy atom. The highest BCUT2D eigenvalue weighted by molar-refractivity contribution is 6.31. The van der Waals surface area contributed by atoms with Gasteiger partial charge in [-0.05, 0) is 48.2 Å². The van der Waals surface area contributed by atoms with Crippen LogP contribution in [0.1, 0.15) is 54.8 Å². The summed E-state index contributed by atoms with van der Waals surface area (Å²) in [6.07, 6.45) is 8.19. The molecule has 1 N–H and O–H groups in total. The van der Waals surface area contributed by atoms with Gasteiger partial charge in [-0.1, -0.05) is 43.4 Å². The topological polar surface area (TPSA) is 52.5 Å². The zero-order valence-corrected chi connectivity index (χ0v) is 14.8. The minimum Gasteiger partial charge on any atom is -0.343 e. The molecule has 1 aromatic carbocycles. The van der Waals surface area contributed by atoms with Crippen LogP contribution in [0.25, 0.3) is 11.0 Å². The second-order valence-corrected chi connectivity index (χ2v) is 7.36. The predicted octanol–water partition coefficient (Wildman–Crippen LogP) is 5.80. The Morgan fingerprint density at radius 3 is 2.80 bits per heavy atom. The standard InChI is InChI=1S/C21H20ClN3/c22-19-11-15(7-8-17(19)13-23)18(10-14-4-1-2-5-14)20-12-16-6-3-9-24-21(16)25-20/h3,6-9,11-12,14,18H,1-2,4-5,10H2,(H,24,25). The van der Waals surface area contributed by atoms with Crippen molar-refractivity contribution in [1.29, 1.82) is 5.26 Å². The highest BCUT2D eigenvalue weighted by atomic mass is 35.5. The number of rotatable bonds is 4. The van der Waals surface area contributed by atoms with Crippen LogP contribution in [0.4, 0.5) is 0 Å². The highest BCUT2D eigenvalue weighted by Gasteiger charge is 2.24. The van der Waals surface area contributed by atoms with Crippen molar-refractivity contribution in [3.05, 3.63) is 64.4 Å². The van der Waals surface area contributed by atoms with Crippen LogP contribution in [-0.4, -0.2) is 9.97 Å². The molecule has 1 aliphatic carbocycles. The second kappa shape index (κ2) is 6.90. The van der Waals surface area contributed by atoms with Gasteiger partial charge in [0.05, 0.1) is 10.6 Å². The van der Waals surface area contributed by atoms with Gasteiger partial charge in [0.2, 0.25) is 0 Å². The summed E-state index contributed by atoms with van der Waals surface area (Å²) in [4.78, 5) is 7.93. The quantitative estimate of drug-likeness (QED) is 0.647. The smallest absolute Gasteiger partial charge is 0.137 e. The molecule has 3 nitrogen and oxygen atoms in total. The Kier molecular flexibility index (Phi) is 4.46. The van der Waals surface area contributed by atoms with Crippen LogP contribution in [0.2, 0.25) is 5.02 Å². The van der Waals surface area contributed by atoms with Crippen molar-refractivity contribution in [3.8, 4) is 6.07 Å². The van der Waals surface area contributed by atoms with E-state index in [1.165, 1.54) is 36.9 Å². The van der Waals surface area contributed by atoms with Gasteiger partial charge in [0, 0.05) is 23.2 Å². The lowest BCUT2D eigenvalue weighted by molar-refractivity contribution is 0.469. The molecule has 0 aliphatic heterocycles. The molecule has 0 saturated heterocycles. The van der Waals surface area contributed by atoms with Gasteiger partial charge in [0.25, 0.3) is 0 Å². The minimum absolute atomic E-state index is 0.252. The SMILES string of the molecule is N#Cc1ccc(C(CC2CCCC2)c2cc3cccnc3[nH]2)cc1Cl. The van der Waals surface area contributed by atoms with Crippen molar-refractivity contribution in [2.45, 2.75) is 38.0 Å². The molecule has 4 rings (SSSR count). The number of pyridine rings is 1. The first kappa shape index (κ1) is 16.2. The first-order valence-corrected chi connectivity index (χ1v) is 9.25. The third kappa shape index (κ3) is 3.27. The first-order chi connectivity index (χ1) is 12.2. The van der Waals surface area contributed by atoms with Crippen molar-refractivity contribution in [2.75, 3.05) is 0 Å². The van der Waals surface area contributed by atoms with Gasteiger partial charge in [0.1, 0.15) is 11.7 Å². The number of halogens is 1. The van der Waals surface area contributed by atoms with Crippen LogP contribution in [0.3, 0.4) is 0 Å². The molecule has 0 spiro atoms. The maximum absolute atomic E-state index is 9.14. The van der Waals surface area contributed by atoms with E-state index in [1.807, 2.05) is 30.5 Å². The van der Waals surface area contributed by atoms with Crippen molar-refractivity contribution >= 4 is 22.6 Å². The van der Waals surface area contributed by atoms with Crippen LogP contribution in [-0.2, 0) is 0 Å². The van der Waals surface area contributed by atoms with Crippen LogP contribution < -0.4 is 0 Å². The molecule has 4 heteroatoms. The fourth-order valence-electron chi connectivity index (χ4n) is 4.03. The molecule has 1 saturated carbocycles. The summed E-state index contributed by atoms with van der Waals surface area (Å²) >= 11 is 6.31. The molecular weight excluding hydrogens is 330 g/mol. The number of hydrogen-bond acceptors (Lipinski definition) is 2. The predicted molar refractivity (Wildman–Crippen MR) is 101 cm³/mol. The van der Waals surface area contributed by atoms with E-state index < -0.39 is 0 Å². The normalized spacial score (nSPS) is 16.2. The van der Waals surface area contributed by atoms with Crippen LogP contribution in [0.15, 0.2) is 42.6 Å². The van der Waals surface area contributed by atoms with Gasteiger partial charge >= 0.3 is 0 Å². The number of H-pyrrole nitrogens is 1. The lowest BCUT2D eigenvalue weighted by Gasteiger charge is -2.20. The Hall–Kier alpha value is -2.31. The number of fused-ring (bicyclic) bond motifs is 1. The van der Waals surface area contributed by atoms with Gasteiger partial charge < -0.3 is 4.98 Å². The van der Waals surface area contributed by atoms with Gasteiger partial charge in [-0.25, -0.2) is 4.98 Å². The summed E-state index contributed by atoms with van der Waals surface area (Å²) in [6.45, 7) is 0. The summed E-state index contributed by atoms with van der Waals surface area (Å²) < 4.78 is 0. The zero-order chi connectivity index (χ0) is 17.2. The molecule has 0 amide bonds. The molecular formula is C21H20ClN3. The fourth-order valence-corrected chi connectivity index (χ4v) is 4.26. The van der Waals surface area contributed by atoms with Crippen LogP contribution in [0.5, 0.6) is 0 Å². The molecule has 1 aliphatic rings. The maximum atomic E-state index is 9.14. The average Bonchev–Trinajstić information content (AvgIpc) is 3.28. The zero-order valence-electron chi connectivity index (χ0n) is 14.0. The number of nitrogens with one attached hydrogen (secondary N) is 1. The molecule has 2 heterocycles. The molecule has 1 atom stereocenters. The number of hydrogen-bond donors (Lipinski definition) is 1. The molecule has 1 unspecified atom stereocenters. The van der Waals surface area contributed by atoms with Crippen molar-refractivity contribution in [3.63, 3.8) is 0 Å². The summed E-state index contributed by atoms with van der Waals surface area (Å²) in [5.74, 6) is 1.00. The van der Waals surface area contributed by atoms with Crippen LogP contribution >= 0.6 is 11.6 Å². The van der Waals surface area contributed by atoms with Crippen LogP contribution in [0, 0.1) is 17.2 Å². The molecule has 0 radical (unpaired) electrons. The second-order valence-electron chi connectivity index (χ2n) is 6.96. The number of benzene rings is 1. The lowest BCUT2D eigenvalue weighted by atomic mass is 9.85. The first-order valence-electron chi connectivity index (χ1n) is 8.88. The summed E-state index contributed by atoms with van der Waals surface area (Å²) in [5, 5.41) is 10.8. The Bertz CT molecular complexity index is 899. The number of aromatic amines is 1. The molecule has 3 aromatic rings. The largest absolute Gasteiger partial charge is 0.343 e. The van der Waals surface area contributed by atoms with Gasteiger partial charge in [-0.2, -0.15) is 5.26 Å². The Morgan fingerprint density at radius 1 is 1.24 bits per heavy atom. The average molecular weight is 350 g/mol. The fraction of sp³-hybridized carbons (Fsp3) is 0.333. The van der Waals surface area contributed by atoms with E-state index in [9.17, 15) is 0 Å². The Labute approximate surface area is 152 Å². The monoisotopic (exact) mass is 349 g/mol. The molecule has 25 heavy (non-hydrogen) atoms. The summed E-state index contributed by atoms with van der Waals surface area (Å²) in [7, 11) is 0. The van der Waals surface area contributed by atoms with Crippen molar-refractivity contribution < 1.29 is 0 Å². The van der Waals surface area contributed by atoms with Crippen molar-refractivity contribution in [1.82, 2.24) is 9.97 Å². The molecule has 126 valence electrons. The minimum atomic E-state index is 0.252. The van der Waals surface area contributed by atoms with Gasteiger partial charge in [-0.15, -0.1) is 0 Å². The van der Waals surface area contributed by atoms with E-state index >= 15 is 0 Å². The number of aromatic nitrogens is 2. The van der Waals surface area contributed by atoms with E-state index in [0.717, 1.165) is 23.4 Å². The summed E-state index contributed by atoms with van der Waals surface area (Å²) in [6, 6.07) is 14.2. The maximum Gasteiger partial charge on any atom is 0.137 e. The Balaban J connectivity index is 1.75. The third-order valence-corrected chi connectivity index (χ3v) is 5.66. The van der Waals surface area contributed by atoms with E-state index in [-0.39, 0.29) is 5.92 Å². The van der Waals surface area contributed by atoms with E-state index in [2.05, 4.69) is 28.2 Å². The highest BCUT2D eigenvalue weighted by Crippen LogP contribution is 2.39. The van der Waals surface area contributed by atoms with E-state index in [0.29, 0.717) is 10.6 Å². The summed E-state index contributed by atoms with van der Waals surface area (Å²) in [5.41, 5.74) is 3.81.